The fraction of sp³-hybridized carbons (Fsp3) is 0.211. The monoisotopic (exact) mass is 401 g/mol. The number of benzene rings is 2. The molecule has 0 N–H and O–H groups in total. The highest BCUT2D eigenvalue weighted by molar-refractivity contribution is 6.24. The smallest absolute Gasteiger partial charge is 0.282 e. The molecule has 0 fully saturated rings. The molecule has 1 aliphatic heterocycles. The number of likely N-dealkylation sites (N-methyl/N-ethyl adjacent to an activating group) is 1. The van der Waals surface area contributed by atoms with Crippen molar-refractivity contribution in [2.45, 2.75) is 6.54 Å². The molecule has 29 heavy (non-hydrogen) atoms. The van der Waals surface area contributed by atoms with Crippen molar-refractivity contribution in [3.8, 4) is 5.75 Å². The summed E-state index contributed by atoms with van der Waals surface area (Å²) in [6.07, 6.45) is 0. The largest absolute Gasteiger partial charge is 0.494 e. The summed E-state index contributed by atoms with van der Waals surface area (Å²) >= 11 is 0. The van der Waals surface area contributed by atoms with Gasteiger partial charge in [-0.1, -0.05) is 12.1 Å². The summed E-state index contributed by atoms with van der Waals surface area (Å²) < 4.78 is 18.6. The summed E-state index contributed by atoms with van der Waals surface area (Å²) in [5, 5.41) is 11.1. The van der Waals surface area contributed by atoms with Crippen molar-refractivity contribution in [2.24, 2.45) is 0 Å². The molecule has 0 atom stereocenters. The summed E-state index contributed by atoms with van der Waals surface area (Å²) in [6, 6.07) is 7.95. The molecule has 3 rings (SSSR count). The molecule has 0 radical (unpaired) electrons. The number of nitro benzene ring substituents is 1. The van der Waals surface area contributed by atoms with Gasteiger partial charge in [-0.25, -0.2) is 4.39 Å². The van der Waals surface area contributed by atoms with E-state index in [1.807, 2.05) is 0 Å². The molecule has 1 aliphatic rings. The molecule has 0 unspecified atom stereocenters. The van der Waals surface area contributed by atoms with Gasteiger partial charge in [-0.15, -0.1) is 0 Å². The van der Waals surface area contributed by atoms with Gasteiger partial charge in [-0.3, -0.25) is 29.4 Å². The first-order chi connectivity index (χ1) is 13.7. The Hall–Kier alpha value is -3.82. The van der Waals surface area contributed by atoms with Gasteiger partial charge in [0.2, 0.25) is 5.91 Å². The fourth-order valence-electron chi connectivity index (χ4n) is 3.04. The highest BCUT2D eigenvalue weighted by Gasteiger charge is 2.41. The maximum atomic E-state index is 13.8. The summed E-state index contributed by atoms with van der Waals surface area (Å²) in [6.45, 7) is -0.554. The second kappa shape index (κ2) is 7.66. The molecule has 1 heterocycles. The molecule has 3 amide bonds. The fourth-order valence-corrected chi connectivity index (χ4v) is 3.04. The van der Waals surface area contributed by atoms with Crippen molar-refractivity contribution >= 4 is 23.4 Å². The highest BCUT2D eigenvalue weighted by Crippen LogP contribution is 2.30. The van der Waals surface area contributed by atoms with Gasteiger partial charge < -0.3 is 9.64 Å². The van der Waals surface area contributed by atoms with E-state index in [0.717, 1.165) is 6.07 Å². The number of hydrogen-bond donors (Lipinski definition) is 0. The van der Waals surface area contributed by atoms with Crippen LogP contribution < -0.4 is 4.74 Å². The van der Waals surface area contributed by atoms with Gasteiger partial charge in [0.1, 0.15) is 12.1 Å². The van der Waals surface area contributed by atoms with Crippen LogP contribution in [0.2, 0.25) is 0 Å². The summed E-state index contributed by atoms with van der Waals surface area (Å²) in [7, 11) is 2.77. The van der Waals surface area contributed by atoms with E-state index in [2.05, 4.69) is 0 Å². The van der Waals surface area contributed by atoms with Crippen LogP contribution in [0.3, 0.4) is 0 Å². The Bertz CT molecular complexity index is 1040. The van der Waals surface area contributed by atoms with Gasteiger partial charge in [0, 0.05) is 19.7 Å². The number of methoxy groups -OCH3 is 1. The third kappa shape index (κ3) is 3.64. The SMILES string of the molecule is COc1ccc(CN(C)C(=O)CN2C(=O)c3cccc([N+](=O)[O-])c3C2=O)cc1F. The van der Waals surface area contributed by atoms with Crippen molar-refractivity contribution in [1.82, 2.24) is 9.80 Å². The Morgan fingerprint density at radius 2 is 1.97 bits per heavy atom. The molecule has 150 valence electrons. The number of carbonyl (C=O) groups is 3. The molecule has 0 saturated carbocycles. The molecule has 0 aliphatic carbocycles. The lowest BCUT2D eigenvalue weighted by molar-refractivity contribution is -0.385. The Morgan fingerprint density at radius 3 is 2.59 bits per heavy atom. The number of nitro groups is 1. The van der Waals surface area contributed by atoms with E-state index >= 15 is 0 Å². The van der Waals surface area contributed by atoms with Crippen LogP contribution in [0.5, 0.6) is 5.75 Å². The molecule has 0 aromatic heterocycles. The average molecular weight is 401 g/mol. The lowest BCUT2D eigenvalue weighted by Gasteiger charge is -2.21. The Labute approximate surface area is 164 Å². The zero-order valence-corrected chi connectivity index (χ0v) is 15.5. The second-order valence-corrected chi connectivity index (χ2v) is 6.37. The first-order valence-electron chi connectivity index (χ1n) is 8.44. The Kier molecular flexibility index (Phi) is 5.26. The standard InChI is InChI=1S/C19H16FN3O6/c1-21(9-11-6-7-15(29-2)13(20)8-11)16(24)10-22-18(25)12-4-3-5-14(23(27)28)17(12)19(22)26/h3-8H,9-10H2,1-2H3. The average Bonchev–Trinajstić information content (AvgIpc) is 2.93. The van der Waals surface area contributed by atoms with E-state index < -0.39 is 40.7 Å². The molecule has 0 saturated heterocycles. The van der Waals surface area contributed by atoms with Crippen LogP contribution in [0.1, 0.15) is 26.3 Å². The maximum Gasteiger partial charge on any atom is 0.282 e. The maximum absolute atomic E-state index is 13.8. The number of halogens is 1. The number of fused-ring (bicyclic) bond motifs is 1. The molecular formula is C19H16FN3O6. The quantitative estimate of drug-likeness (QED) is 0.416. The number of rotatable bonds is 6. The van der Waals surface area contributed by atoms with Crippen molar-refractivity contribution in [2.75, 3.05) is 20.7 Å². The summed E-state index contributed by atoms with van der Waals surface area (Å²) in [5.41, 5.74) is -0.443. The van der Waals surface area contributed by atoms with Crippen molar-refractivity contribution < 1.29 is 28.4 Å². The Morgan fingerprint density at radius 1 is 1.24 bits per heavy atom. The molecular weight excluding hydrogens is 385 g/mol. The topological polar surface area (TPSA) is 110 Å². The van der Waals surface area contributed by atoms with Crippen LogP contribution >= 0.6 is 0 Å². The summed E-state index contributed by atoms with van der Waals surface area (Å²) in [4.78, 5) is 49.8. The zero-order chi connectivity index (χ0) is 21.3. The summed E-state index contributed by atoms with van der Waals surface area (Å²) in [5.74, 6) is -2.77. The van der Waals surface area contributed by atoms with Crippen LogP contribution in [0.4, 0.5) is 10.1 Å². The van der Waals surface area contributed by atoms with Crippen LogP contribution in [0.15, 0.2) is 36.4 Å². The van der Waals surface area contributed by atoms with Gasteiger partial charge in [-0.05, 0) is 23.8 Å². The lowest BCUT2D eigenvalue weighted by Crippen LogP contribution is -2.41. The molecule has 9 nitrogen and oxygen atoms in total. The number of amides is 3. The van der Waals surface area contributed by atoms with Gasteiger partial charge in [0.15, 0.2) is 11.6 Å². The third-order valence-electron chi connectivity index (χ3n) is 4.53. The first kappa shape index (κ1) is 19.9. The minimum Gasteiger partial charge on any atom is -0.494 e. The van der Waals surface area contributed by atoms with Gasteiger partial charge in [0.25, 0.3) is 17.5 Å². The van der Waals surface area contributed by atoms with Gasteiger partial charge >= 0.3 is 0 Å². The van der Waals surface area contributed by atoms with E-state index in [1.165, 1.54) is 43.3 Å². The molecule has 0 spiro atoms. The number of nitrogens with zero attached hydrogens (tertiary/aromatic N) is 3. The van der Waals surface area contributed by atoms with Crippen LogP contribution in [0, 0.1) is 15.9 Å². The van der Waals surface area contributed by atoms with E-state index in [1.54, 1.807) is 6.07 Å². The number of imide groups is 1. The van der Waals surface area contributed by atoms with E-state index in [0.29, 0.717) is 10.5 Å². The number of carbonyl (C=O) groups excluding carboxylic acids is 3. The highest BCUT2D eigenvalue weighted by atomic mass is 19.1. The Balaban J connectivity index is 1.74. The minimum atomic E-state index is -0.894. The second-order valence-electron chi connectivity index (χ2n) is 6.37. The normalized spacial score (nSPS) is 12.7. The van der Waals surface area contributed by atoms with Crippen LogP contribution in [-0.4, -0.2) is 53.1 Å². The number of hydrogen-bond acceptors (Lipinski definition) is 6. The predicted molar refractivity (Wildman–Crippen MR) is 97.9 cm³/mol. The molecule has 10 heteroatoms. The first-order valence-corrected chi connectivity index (χ1v) is 8.44. The van der Waals surface area contributed by atoms with Gasteiger partial charge in [0.05, 0.1) is 17.6 Å². The van der Waals surface area contributed by atoms with Crippen molar-refractivity contribution in [1.29, 1.82) is 0 Å². The van der Waals surface area contributed by atoms with E-state index in [9.17, 15) is 28.9 Å². The van der Waals surface area contributed by atoms with Gasteiger partial charge in [-0.2, -0.15) is 0 Å². The van der Waals surface area contributed by atoms with Crippen LogP contribution in [-0.2, 0) is 11.3 Å². The lowest BCUT2D eigenvalue weighted by atomic mass is 10.1. The van der Waals surface area contributed by atoms with E-state index in [-0.39, 0.29) is 23.4 Å². The van der Waals surface area contributed by atoms with Crippen LogP contribution in [0.25, 0.3) is 0 Å². The molecule has 2 aromatic rings. The zero-order valence-electron chi connectivity index (χ0n) is 15.5. The predicted octanol–water partition coefficient (Wildman–Crippen LogP) is 2.00. The van der Waals surface area contributed by atoms with E-state index in [4.69, 9.17) is 4.74 Å². The molecule has 2 aromatic carbocycles. The minimum absolute atomic E-state index is 0.0308. The van der Waals surface area contributed by atoms with Crippen molar-refractivity contribution in [3.63, 3.8) is 0 Å². The third-order valence-corrected chi connectivity index (χ3v) is 4.53. The molecule has 0 bridgehead atoms. The van der Waals surface area contributed by atoms with Crippen molar-refractivity contribution in [3.05, 3.63) is 69.0 Å². The number of ether oxygens (including phenoxy) is 1.